The molecule has 190 valence electrons. The van der Waals surface area contributed by atoms with Crippen molar-refractivity contribution in [3.05, 3.63) is 107 Å². The molecule has 1 aliphatic rings. The number of fused-ring (bicyclic) bond motifs is 2. The van der Waals surface area contributed by atoms with Crippen LogP contribution < -0.4 is 4.90 Å². The lowest BCUT2D eigenvalue weighted by atomic mass is 9.99. The second-order valence-corrected chi connectivity index (χ2v) is 9.68. The Hall–Kier alpha value is -3.67. The molecular formula is C31H31ClN2O3. The van der Waals surface area contributed by atoms with Gasteiger partial charge in [-0.1, -0.05) is 61.0 Å². The first-order valence-electron chi connectivity index (χ1n) is 12.4. The summed E-state index contributed by atoms with van der Waals surface area (Å²) in [5, 5.41) is 21.0. The minimum absolute atomic E-state index is 0.0736. The summed E-state index contributed by atoms with van der Waals surface area (Å²) in [4.78, 5) is 20.0. The predicted molar refractivity (Wildman–Crippen MR) is 152 cm³/mol. The molecule has 1 heterocycles. The molecule has 6 heteroatoms. The number of aliphatic hydroxyl groups is 1. The third-order valence-corrected chi connectivity index (χ3v) is 6.69. The average molecular weight is 515 g/mol. The van der Waals surface area contributed by atoms with E-state index in [1.54, 1.807) is 37.1 Å². The van der Waals surface area contributed by atoms with E-state index in [2.05, 4.69) is 30.3 Å². The van der Waals surface area contributed by atoms with Gasteiger partial charge in [-0.15, -0.1) is 0 Å². The van der Waals surface area contributed by atoms with E-state index in [1.807, 2.05) is 43.3 Å². The number of halogens is 1. The normalized spacial score (nSPS) is 15.8. The molecule has 0 spiro atoms. The lowest BCUT2D eigenvalue weighted by Crippen LogP contribution is -2.36. The molecular weight excluding hydrogens is 484 g/mol. The number of anilines is 1. The SMILES string of the molecule is CCC(C)O.CN1C(=O)C(Cc2ccc3ccccc3c2)N=C(c2ccc(O)cc2)c2cc(Cl)ccc21. The van der Waals surface area contributed by atoms with Gasteiger partial charge in [0.05, 0.1) is 17.5 Å². The number of aliphatic imine (C=N–C) groups is 1. The van der Waals surface area contributed by atoms with Crippen molar-refractivity contribution in [2.24, 2.45) is 4.99 Å². The van der Waals surface area contributed by atoms with E-state index in [4.69, 9.17) is 21.7 Å². The summed E-state index contributed by atoms with van der Waals surface area (Å²) in [5.41, 5.74) is 4.10. The van der Waals surface area contributed by atoms with Gasteiger partial charge < -0.3 is 15.1 Å². The monoisotopic (exact) mass is 514 g/mol. The second kappa shape index (κ2) is 11.6. The van der Waals surface area contributed by atoms with Crippen molar-refractivity contribution in [3.63, 3.8) is 0 Å². The molecule has 37 heavy (non-hydrogen) atoms. The van der Waals surface area contributed by atoms with Crippen molar-refractivity contribution >= 4 is 39.7 Å². The number of amides is 1. The topological polar surface area (TPSA) is 73.1 Å². The molecule has 0 saturated heterocycles. The van der Waals surface area contributed by atoms with E-state index in [-0.39, 0.29) is 17.8 Å². The van der Waals surface area contributed by atoms with E-state index in [0.717, 1.165) is 39.6 Å². The first-order chi connectivity index (χ1) is 17.8. The Morgan fingerprint density at radius 2 is 1.65 bits per heavy atom. The highest BCUT2D eigenvalue weighted by atomic mass is 35.5. The van der Waals surface area contributed by atoms with Gasteiger partial charge in [0.25, 0.3) is 5.91 Å². The lowest BCUT2D eigenvalue weighted by Gasteiger charge is -2.20. The number of carbonyl (C=O) groups excluding carboxylic acids is 1. The van der Waals surface area contributed by atoms with Gasteiger partial charge in [-0.3, -0.25) is 9.79 Å². The highest BCUT2D eigenvalue weighted by Gasteiger charge is 2.30. The molecule has 1 amide bonds. The molecule has 0 bridgehead atoms. The molecule has 5 nitrogen and oxygen atoms in total. The highest BCUT2D eigenvalue weighted by Crippen LogP contribution is 2.31. The van der Waals surface area contributed by atoms with Gasteiger partial charge in [0.2, 0.25) is 0 Å². The number of phenolic OH excluding ortho intramolecular Hbond substituents is 1. The van der Waals surface area contributed by atoms with Gasteiger partial charge in [-0.2, -0.15) is 0 Å². The van der Waals surface area contributed by atoms with Crippen LogP contribution in [0.1, 0.15) is 37.0 Å². The fourth-order valence-corrected chi connectivity index (χ4v) is 4.36. The molecule has 0 aliphatic carbocycles. The minimum atomic E-state index is -0.587. The highest BCUT2D eigenvalue weighted by molar-refractivity contribution is 6.32. The molecule has 0 radical (unpaired) electrons. The number of aliphatic hydroxyl groups excluding tert-OH is 1. The number of benzene rings is 4. The van der Waals surface area contributed by atoms with Gasteiger partial charge in [-0.05, 0) is 72.1 Å². The number of hydrogen-bond acceptors (Lipinski definition) is 4. The van der Waals surface area contributed by atoms with Gasteiger partial charge in [-0.25, -0.2) is 0 Å². The van der Waals surface area contributed by atoms with Crippen LogP contribution in [0.3, 0.4) is 0 Å². The van der Waals surface area contributed by atoms with E-state index >= 15 is 0 Å². The second-order valence-electron chi connectivity index (χ2n) is 9.24. The van der Waals surface area contributed by atoms with Crippen LogP contribution in [0.5, 0.6) is 5.75 Å². The van der Waals surface area contributed by atoms with Crippen molar-refractivity contribution in [2.75, 3.05) is 11.9 Å². The number of nitrogens with zero attached hydrogens (tertiary/aromatic N) is 2. The maximum absolute atomic E-state index is 13.4. The van der Waals surface area contributed by atoms with Crippen molar-refractivity contribution in [1.82, 2.24) is 0 Å². The summed E-state index contributed by atoms with van der Waals surface area (Å²) in [6.07, 6.45) is 1.23. The number of rotatable bonds is 4. The summed E-state index contributed by atoms with van der Waals surface area (Å²) in [7, 11) is 1.78. The molecule has 2 unspecified atom stereocenters. The standard InChI is InChI=1S/C27H21ClN2O2.C4H10O/c1-30-25-13-10-21(28)16-23(25)26(19-8-11-22(31)12-9-19)29-24(27(30)32)15-17-6-7-18-4-2-3-5-20(18)14-17;1-3-4(2)5/h2-14,16,24,31H,15H2,1H3;4-5H,3H2,1-2H3. The summed E-state index contributed by atoms with van der Waals surface area (Å²) in [6.45, 7) is 3.73. The Morgan fingerprint density at radius 3 is 2.32 bits per heavy atom. The third-order valence-electron chi connectivity index (χ3n) is 6.45. The van der Waals surface area contributed by atoms with Crippen molar-refractivity contribution < 1.29 is 15.0 Å². The lowest BCUT2D eigenvalue weighted by molar-refractivity contribution is -0.119. The van der Waals surface area contributed by atoms with Crippen LogP contribution >= 0.6 is 11.6 Å². The van der Waals surface area contributed by atoms with Crippen molar-refractivity contribution in [2.45, 2.75) is 38.8 Å². The van der Waals surface area contributed by atoms with Crippen LogP contribution in [0.2, 0.25) is 5.02 Å². The van der Waals surface area contributed by atoms with E-state index in [9.17, 15) is 9.90 Å². The van der Waals surface area contributed by atoms with Crippen molar-refractivity contribution in [3.8, 4) is 5.75 Å². The molecule has 1 aliphatic heterocycles. The van der Waals surface area contributed by atoms with Crippen LogP contribution in [0.25, 0.3) is 10.8 Å². The number of benzodiazepines with no additional fused rings is 1. The Labute approximate surface area is 222 Å². The van der Waals surface area contributed by atoms with Crippen LogP contribution in [-0.4, -0.2) is 41.0 Å². The Morgan fingerprint density at radius 1 is 0.973 bits per heavy atom. The fraction of sp³-hybridized carbons (Fsp3) is 0.226. The Bertz CT molecular complexity index is 1430. The molecule has 0 aromatic heterocycles. The molecule has 0 fully saturated rings. The van der Waals surface area contributed by atoms with Gasteiger partial charge in [0, 0.05) is 29.6 Å². The molecule has 5 rings (SSSR count). The summed E-state index contributed by atoms with van der Waals surface area (Å²) >= 11 is 6.32. The first-order valence-corrected chi connectivity index (χ1v) is 12.7. The number of aromatic hydroxyl groups is 1. The molecule has 0 saturated carbocycles. The zero-order valence-corrected chi connectivity index (χ0v) is 22.0. The Balaban J connectivity index is 0.000000586. The number of hydrogen-bond donors (Lipinski definition) is 2. The van der Waals surface area contributed by atoms with E-state index < -0.39 is 6.04 Å². The van der Waals surface area contributed by atoms with Crippen LogP contribution in [0.4, 0.5) is 5.69 Å². The van der Waals surface area contributed by atoms with Crippen LogP contribution in [0.15, 0.2) is 89.9 Å². The van der Waals surface area contributed by atoms with Crippen molar-refractivity contribution in [1.29, 1.82) is 0 Å². The fourth-order valence-electron chi connectivity index (χ4n) is 4.18. The maximum atomic E-state index is 13.4. The summed E-state index contributed by atoms with van der Waals surface area (Å²) < 4.78 is 0. The number of carbonyl (C=O) groups is 1. The maximum Gasteiger partial charge on any atom is 0.251 e. The molecule has 2 atom stereocenters. The predicted octanol–water partition coefficient (Wildman–Crippen LogP) is 6.40. The average Bonchev–Trinajstić information content (AvgIpc) is 3.00. The largest absolute Gasteiger partial charge is 0.508 e. The quantitative estimate of drug-likeness (QED) is 0.331. The first kappa shape index (κ1) is 26.4. The molecule has 2 N–H and O–H groups in total. The zero-order chi connectivity index (χ0) is 26.5. The van der Waals surface area contributed by atoms with Gasteiger partial charge in [0.1, 0.15) is 11.8 Å². The van der Waals surface area contributed by atoms with Crippen LogP contribution in [-0.2, 0) is 11.2 Å². The van der Waals surface area contributed by atoms with Crippen LogP contribution in [0, 0.1) is 0 Å². The minimum Gasteiger partial charge on any atom is -0.508 e. The zero-order valence-electron chi connectivity index (χ0n) is 21.2. The summed E-state index contributed by atoms with van der Waals surface area (Å²) in [5.74, 6) is 0.103. The summed E-state index contributed by atoms with van der Waals surface area (Å²) in [6, 6.07) is 26.2. The van der Waals surface area contributed by atoms with Gasteiger partial charge >= 0.3 is 0 Å². The van der Waals surface area contributed by atoms with E-state index in [0.29, 0.717) is 17.2 Å². The van der Waals surface area contributed by atoms with Gasteiger partial charge in [0.15, 0.2) is 0 Å². The Kier molecular flexibility index (Phi) is 8.27. The third kappa shape index (κ3) is 6.19. The van der Waals surface area contributed by atoms with E-state index in [1.165, 1.54) is 0 Å². The molecule has 4 aromatic rings. The number of likely N-dealkylation sites (N-methyl/N-ethyl adjacent to an activating group) is 1. The smallest absolute Gasteiger partial charge is 0.251 e. The molecule has 4 aromatic carbocycles. The number of phenols is 1.